The molecule has 0 fully saturated rings. The molecule has 0 heterocycles. The van der Waals surface area contributed by atoms with Crippen molar-refractivity contribution in [2.75, 3.05) is 5.32 Å². The van der Waals surface area contributed by atoms with E-state index in [4.69, 9.17) is 5.73 Å². The minimum atomic E-state index is -0.780. The molecule has 0 aliphatic heterocycles. The van der Waals surface area contributed by atoms with Gasteiger partial charge in [-0.2, -0.15) is 0 Å². The molecule has 15 heavy (non-hydrogen) atoms. The normalized spacial score (nSPS) is 9.80. The summed E-state index contributed by atoms with van der Waals surface area (Å²) in [7, 11) is 0. The molecule has 0 aliphatic carbocycles. The van der Waals surface area contributed by atoms with E-state index < -0.39 is 11.7 Å². The smallest absolute Gasteiger partial charge is 0.251 e. The number of carbonyl (C=O) groups excluding carboxylic acids is 1. The maximum atomic E-state index is 13.3. The van der Waals surface area contributed by atoms with E-state index in [9.17, 15) is 9.18 Å². The molecule has 1 aromatic carbocycles. The SMILES string of the molecule is C=C(C)Nc1cc(C(N)=O)c(F)cc1C. The van der Waals surface area contributed by atoms with E-state index in [0.29, 0.717) is 16.9 Å². The van der Waals surface area contributed by atoms with Gasteiger partial charge in [0.1, 0.15) is 5.82 Å². The lowest BCUT2D eigenvalue weighted by molar-refractivity contribution is 0.0996. The maximum Gasteiger partial charge on any atom is 0.251 e. The quantitative estimate of drug-likeness (QED) is 0.799. The van der Waals surface area contributed by atoms with Crippen LogP contribution >= 0.6 is 0 Å². The molecular weight excluding hydrogens is 195 g/mol. The monoisotopic (exact) mass is 208 g/mol. The van der Waals surface area contributed by atoms with Gasteiger partial charge in [0, 0.05) is 11.4 Å². The Morgan fingerprint density at radius 1 is 1.53 bits per heavy atom. The Hall–Kier alpha value is -1.84. The average molecular weight is 208 g/mol. The van der Waals surface area contributed by atoms with Crippen molar-refractivity contribution >= 4 is 11.6 Å². The maximum absolute atomic E-state index is 13.3. The van der Waals surface area contributed by atoms with Crippen LogP contribution in [0.15, 0.2) is 24.4 Å². The summed E-state index contributed by atoms with van der Waals surface area (Å²) in [5.41, 5.74) is 6.95. The number of hydrogen-bond acceptors (Lipinski definition) is 2. The van der Waals surface area contributed by atoms with E-state index in [2.05, 4.69) is 11.9 Å². The number of primary amides is 1. The molecule has 1 rings (SSSR count). The van der Waals surface area contributed by atoms with Crippen molar-refractivity contribution < 1.29 is 9.18 Å². The molecule has 0 aromatic heterocycles. The molecule has 0 atom stereocenters. The third kappa shape index (κ3) is 2.56. The fourth-order valence-corrected chi connectivity index (χ4v) is 1.23. The van der Waals surface area contributed by atoms with E-state index in [-0.39, 0.29) is 5.56 Å². The topological polar surface area (TPSA) is 55.1 Å². The lowest BCUT2D eigenvalue weighted by atomic mass is 10.1. The second-order valence-electron chi connectivity index (χ2n) is 3.42. The second-order valence-corrected chi connectivity index (χ2v) is 3.42. The summed E-state index contributed by atoms with van der Waals surface area (Å²) in [6.07, 6.45) is 0. The van der Waals surface area contributed by atoms with Gasteiger partial charge in [-0.1, -0.05) is 6.58 Å². The fraction of sp³-hybridized carbons (Fsp3) is 0.182. The first kappa shape index (κ1) is 11.2. The summed E-state index contributed by atoms with van der Waals surface area (Å²) >= 11 is 0. The van der Waals surface area contributed by atoms with Gasteiger partial charge in [-0.15, -0.1) is 0 Å². The molecule has 0 bridgehead atoms. The molecule has 0 radical (unpaired) electrons. The number of nitrogens with one attached hydrogen (secondary N) is 1. The van der Waals surface area contributed by atoms with Gasteiger partial charge in [0.15, 0.2) is 0 Å². The van der Waals surface area contributed by atoms with Crippen molar-refractivity contribution in [3.8, 4) is 0 Å². The first-order valence-corrected chi connectivity index (χ1v) is 4.44. The minimum absolute atomic E-state index is 0.121. The van der Waals surface area contributed by atoms with E-state index >= 15 is 0 Å². The number of anilines is 1. The van der Waals surface area contributed by atoms with Crippen molar-refractivity contribution in [1.29, 1.82) is 0 Å². The lowest BCUT2D eigenvalue weighted by Crippen LogP contribution is -2.14. The standard InChI is InChI=1S/C11H13FN2O/c1-6(2)14-10-5-8(11(13)15)9(12)4-7(10)3/h4-5,14H,1H2,2-3H3,(H2,13,15). The van der Waals surface area contributed by atoms with Crippen LogP contribution in [0.5, 0.6) is 0 Å². The van der Waals surface area contributed by atoms with Crippen molar-refractivity contribution in [1.82, 2.24) is 0 Å². The zero-order chi connectivity index (χ0) is 11.6. The van der Waals surface area contributed by atoms with Crippen LogP contribution in [0.1, 0.15) is 22.8 Å². The van der Waals surface area contributed by atoms with Gasteiger partial charge in [0.25, 0.3) is 5.91 Å². The molecule has 1 amide bonds. The van der Waals surface area contributed by atoms with Crippen LogP contribution in [-0.2, 0) is 0 Å². The number of halogens is 1. The molecule has 1 aromatic rings. The van der Waals surface area contributed by atoms with Crippen molar-refractivity contribution in [3.05, 3.63) is 41.4 Å². The number of carbonyl (C=O) groups is 1. The predicted molar refractivity (Wildman–Crippen MR) is 58.1 cm³/mol. The Balaban J connectivity index is 3.23. The van der Waals surface area contributed by atoms with Crippen LogP contribution < -0.4 is 11.1 Å². The van der Waals surface area contributed by atoms with Gasteiger partial charge in [-0.05, 0) is 31.5 Å². The highest BCUT2D eigenvalue weighted by molar-refractivity contribution is 5.94. The van der Waals surface area contributed by atoms with Gasteiger partial charge in [0.2, 0.25) is 0 Å². The zero-order valence-corrected chi connectivity index (χ0v) is 8.73. The molecule has 3 nitrogen and oxygen atoms in total. The van der Waals surface area contributed by atoms with Crippen molar-refractivity contribution in [3.63, 3.8) is 0 Å². The third-order valence-corrected chi connectivity index (χ3v) is 1.93. The molecule has 0 spiro atoms. The summed E-state index contributed by atoms with van der Waals surface area (Å²) in [5.74, 6) is -1.38. The summed E-state index contributed by atoms with van der Waals surface area (Å²) in [6, 6.07) is 2.66. The number of benzene rings is 1. The summed E-state index contributed by atoms with van der Waals surface area (Å²) < 4.78 is 13.3. The Bertz CT molecular complexity index is 427. The van der Waals surface area contributed by atoms with Crippen LogP contribution in [0, 0.1) is 12.7 Å². The molecule has 0 unspecified atom stereocenters. The number of aryl methyl sites for hydroxylation is 1. The molecule has 80 valence electrons. The molecule has 0 saturated heterocycles. The Labute approximate surface area is 87.8 Å². The first-order valence-electron chi connectivity index (χ1n) is 4.44. The third-order valence-electron chi connectivity index (χ3n) is 1.93. The number of amides is 1. The lowest BCUT2D eigenvalue weighted by Gasteiger charge is -2.10. The summed E-state index contributed by atoms with van der Waals surface area (Å²) in [6.45, 7) is 7.17. The highest BCUT2D eigenvalue weighted by Crippen LogP contribution is 2.20. The Morgan fingerprint density at radius 3 is 2.60 bits per heavy atom. The van der Waals surface area contributed by atoms with Gasteiger partial charge in [0.05, 0.1) is 5.56 Å². The molecule has 3 N–H and O–H groups in total. The van der Waals surface area contributed by atoms with Crippen LogP contribution in [0.4, 0.5) is 10.1 Å². The number of nitrogens with two attached hydrogens (primary N) is 1. The second kappa shape index (κ2) is 4.13. The highest BCUT2D eigenvalue weighted by Gasteiger charge is 2.11. The molecule has 0 saturated carbocycles. The van der Waals surface area contributed by atoms with Crippen molar-refractivity contribution in [2.45, 2.75) is 13.8 Å². The van der Waals surface area contributed by atoms with E-state index in [1.54, 1.807) is 13.8 Å². The van der Waals surface area contributed by atoms with Crippen molar-refractivity contribution in [2.24, 2.45) is 5.73 Å². The average Bonchev–Trinajstić information content (AvgIpc) is 2.08. The predicted octanol–water partition coefficient (Wildman–Crippen LogP) is 2.18. The largest absolute Gasteiger partial charge is 0.366 e. The van der Waals surface area contributed by atoms with E-state index in [1.807, 2.05) is 0 Å². The zero-order valence-electron chi connectivity index (χ0n) is 8.73. The summed E-state index contributed by atoms with van der Waals surface area (Å²) in [4.78, 5) is 10.9. The molecular formula is C11H13FN2O. The van der Waals surface area contributed by atoms with Gasteiger partial charge in [-0.25, -0.2) is 4.39 Å². The van der Waals surface area contributed by atoms with E-state index in [1.165, 1.54) is 12.1 Å². The number of allylic oxidation sites excluding steroid dienone is 1. The van der Waals surface area contributed by atoms with Gasteiger partial charge < -0.3 is 11.1 Å². The molecule has 4 heteroatoms. The van der Waals surface area contributed by atoms with Gasteiger partial charge in [-0.3, -0.25) is 4.79 Å². The Kier molecular flexibility index (Phi) is 3.09. The highest BCUT2D eigenvalue weighted by atomic mass is 19.1. The fourth-order valence-electron chi connectivity index (χ4n) is 1.23. The first-order chi connectivity index (χ1) is 6.91. The number of rotatable bonds is 3. The van der Waals surface area contributed by atoms with Crippen LogP contribution in [0.25, 0.3) is 0 Å². The van der Waals surface area contributed by atoms with E-state index in [0.717, 1.165) is 0 Å². The van der Waals surface area contributed by atoms with Crippen LogP contribution in [0.2, 0.25) is 0 Å². The summed E-state index contributed by atoms with van der Waals surface area (Å²) in [5, 5.41) is 2.93. The minimum Gasteiger partial charge on any atom is -0.366 e. The number of hydrogen-bond donors (Lipinski definition) is 2. The Morgan fingerprint density at radius 2 is 2.13 bits per heavy atom. The molecule has 0 aliphatic rings. The van der Waals surface area contributed by atoms with Gasteiger partial charge >= 0.3 is 0 Å². The van der Waals surface area contributed by atoms with Crippen LogP contribution in [-0.4, -0.2) is 5.91 Å². The van der Waals surface area contributed by atoms with Crippen LogP contribution in [0.3, 0.4) is 0 Å².